The van der Waals surface area contributed by atoms with Crippen LogP contribution in [0.15, 0.2) is 22.6 Å². The van der Waals surface area contributed by atoms with Gasteiger partial charge in [0.2, 0.25) is 0 Å². The van der Waals surface area contributed by atoms with Gasteiger partial charge in [0.25, 0.3) is 0 Å². The number of rotatable bonds is 2. The molecule has 1 aromatic heterocycles. The first kappa shape index (κ1) is 12.1. The molecule has 3 nitrogen and oxygen atoms in total. The summed E-state index contributed by atoms with van der Waals surface area (Å²) in [4.78, 5) is 4.45. The predicted molar refractivity (Wildman–Crippen MR) is 83.2 cm³/mol. The normalized spacial score (nSPS) is 37.3. The van der Waals surface area contributed by atoms with Crippen molar-refractivity contribution in [2.75, 3.05) is 5.32 Å². The van der Waals surface area contributed by atoms with Crippen LogP contribution in [0.3, 0.4) is 0 Å². The number of aryl methyl sites for hydroxylation is 1. The summed E-state index contributed by atoms with van der Waals surface area (Å²) in [5.41, 5.74) is 3.08. The summed E-state index contributed by atoms with van der Waals surface area (Å²) in [6.45, 7) is 1.91. The van der Waals surface area contributed by atoms with Crippen molar-refractivity contribution in [1.29, 1.82) is 0 Å². The summed E-state index contributed by atoms with van der Waals surface area (Å²) in [5.74, 6) is 4.61. The average Bonchev–Trinajstić information content (AvgIpc) is 2.81. The highest BCUT2D eigenvalue weighted by Gasteiger charge is 2.48. The fourth-order valence-corrected chi connectivity index (χ4v) is 5.49. The molecule has 2 aromatic rings. The molecule has 0 radical (unpaired) electrons. The van der Waals surface area contributed by atoms with E-state index in [2.05, 4.69) is 22.4 Å². The standard InChI is InChI=1S/C18H22N2O/c1-10-19-16-9-15(2-3-17(16)21-10)20-18-13-5-11-4-12(7-13)8-14(18)6-11/h2-3,9,11-14,18,20H,4-8H2,1H3. The van der Waals surface area contributed by atoms with Gasteiger partial charge in [-0.3, -0.25) is 0 Å². The summed E-state index contributed by atoms with van der Waals surface area (Å²) in [5, 5.41) is 3.84. The second-order valence-electron chi connectivity index (χ2n) is 7.52. The Morgan fingerprint density at radius 3 is 2.48 bits per heavy atom. The lowest BCUT2D eigenvalue weighted by Crippen LogP contribution is -2.51. The van der Waals surface area contributed by atoms with Gasteiger partial charge >= 0.3 is 0 Å². The van der Waals surface area contributed by atoms with Crippen LogP contribution in [0.2, 0.25) is 0 Å². The van der Waals surface area contributed by atoms with Crippen LogP contribution in [-0.4, -0.2) is 11.0 Å². The Hall–Kier alpha value is -1.51. The van der Waals surface area contributed by atoms with Gasteiger partial charge in [0.05, 0.1) is 0 Å². The Balaban J connectivity index is 1.43. The highest BCUT2D eigenvalue weighted by atomic mass is 16.3. The second-order valence-corrected chi connectivity index (χ2v) is 7.52. The number of aromatic nitrogens is 1. The van der Waals surface area contributed by atoms with Crippen LogP contribution in [0.1, 0.15) is 38.0 Å². The smallest absolute Gasteiger partial charge is 0.192 e. The van der Waals surface area contributed by atoms with E-state index in [0.717, 1.165) is 40.7 Å². The zero-order valence-electron chi connectivity index (χ0n) is 12.5. The molecular formula is C18H22N2O. The molecule has 0 unspecified atom stereocenters. The Morgan fingerprint density at radius 2 is 1.76 bits per heavy atom. The van der Waals surface area contributed by atoms with Crippen LogP contribution in [0, 0.1) is 30.6 Å². The van der Waals surface area contributed by atoms with E-state index < -0.39 is 0 Å². The summed E-state index contributed by atoms with van der Waals surface area (Å²) >= 11 is 0. The van der Waals surface area contributed by atoms with Crippen molar-refractivity contribution in [2.45, 2.75) is 45.1 Å². The van der Waals surface area contributed by atoms with Crippen molar-refractivity contribution in [2.24, 2.45) is 23.7 Å². The van der Waals surface area contributed by atoms with E-state index in [-0.39, 0.29) is 0 Å². The number of anilines is 1. The summed E-state index contributed by atoms with van der Waals surface area (Å²) in [7, 11) is 0. The Bertz CT molecular complexity index is 662. The van der Waals surface area contributed by atoms with Crippen LogP contribution in [-0.2, 0) is 0 Å². The highest BCUT2D eigenvalue weighted by Crippen LogP contribution is 2.54. The van der Waals surface area contributed by atoms with Gasteiger partial charge in [0.15, 0.2) is 11.5 Å². The molecular weight excluding hydrogens is 260 g/mol. The molecule has 4 fully saturated rings. The first-order valence-electron chi connectivity index (χ1n) is 8.38. The summed E-state index contributed by atoms with van der Waals surface area (Å²) in [6, 6.07) is 7.03. The van der Waals surface area contributed by atoms with E-state index in [1.807, 2.05) is 13.0 Å². The average molecular weight is 282 g/mol. The third kappa shape index (κ3) is 1.90. The van der Waals surface area contributed by atoms with Crippen LogP contribution >= 0.6 is 0 Å². The third-order valence-electron chi connectivity index (χ3n) is 6.05. The van der Waals surface area contributed by atoms with Gasteiger partial charge in [0, 0.05) is 18.7 Å². The van der Waals surface area contributed by atoms with E-state index in [4.69, 9.17) is 4.42 Å². The van der Waals surface area contributed by atoms with Gasteiger partial charge in [-0.05, 0) is 74.0 Å². The van der Waals surface area contributed by atoms with E-state index in [1.54, 1.807) is 0 Å². The van der Waals surface area contributed by atoms with Crippen LogP contribution in [0.5, 0.6) is 0 Å². The van der Waals surface area contributed by atoms with Gasteiger partial charge in [-0.25, -0.2) is 4.98 Å². The number of hydrogen-bond donors (Lipinski definition) is 1. The molecule has 1 heterocycles. The maximum atomic E-state index is 5.57. The molecule has 0 spiro atoms. The molecule has 4 aliphatic rings. The van der Waals surface area contributed by atoms with E-state index in [0.29, 0.717) is 6.04 Å². The first-order chi connectivity index (χ1) is 10.2. The lowest BCUT2D eigenvalue weighted by atomic mass is 9.54. The van der Waals surface area contributed by atoms with Gasteiger partial charge in [-0.15, -0.1) is 0 Å². The van der Waals surface area contributed by atoms with Crippen molar-refractivity contribution in [1.82, 2.24) is 4.98 Å². The Kier molecular flexibility index (Phi) is 2.44. The molecule has 1 aromatic carbocycles. The monoisotopic (exact) mass is 282 g/mol. The number of hydrogen-bond acceptors (Lipinski definition) is 3. The van der Waals surface area contributed by atoms with Gasteiger partial charge in [0.1, 0.15) is 5.52 Å². The summed E-state index contributed by atoms with van der Waals surface area (Å²) < 4.78 is 5.57. The van der Waals surface area contributed by atoms with Crippen LogP contribution in [0.4, 0.5) is 5.69 Å². The third-order valence-corrected chi connectivity index (χ3v) is 6.05. The number of nitrogens with one attached hydrogen (secondary N) is 1. The van der Waals surface area contributed by atoms with Crippen LogP contribution in [0.25, 0.3) is 11.1 Å². The minimum atomic E-state index is 0.684. The topological polar surface area (TPSA) is 38.1 Å². The lowest BCUT2D eigenvalue weighted by Gasteiger charge is -2.54. The molecule has 4 saturated carbocycles. The molecule has 6 rings (SSSR count). The fraction of sp³-hybridized carbons (Fsp3) is 0.611. The molecule has 0 amide bonds. The summed E-state index contributed by atoms with van der Waals surface area (Å²) in [6.07, 6.45) is 7.34. The minimum absolute atomic E-state index is 0.684. The van der Waals surface area contributed by atoms with Crippen molar-refractivity contribution in [3.8, 4) is 0 Å². The zero-order valence-corrected chi connectivity index (χ0v) is 12.5. The zero-order chi connectivity index (χ0) is 14.0. The maximum Gasteiger partial charge on any atom is 0.192 e. The predicted octanol–water partition coefficient (Wildman–Crippen LogP) is 4.37. The molecule has 4 bridgehead atoms. The minimum Gasteiger partial charge on any atom is -0.441 e. The second kappa shape index (κ2) is 4.25. The quantitative estimate of drug-likeness (QED) is 0.888. The number of benzene rings is 1. The largest absolute Gasteiger partial charge is 0.441 e. The molecule has 1 N–H and O–H groups in total. The van der Waals surface area contributed by atoms with Gasteiger partial charge < -0.3 is 9.73 Å². The molecule has 0 saturated heterocycles. The number of fused-ring (bicyclic) bond motifs is 1. The van der Waals surface area contributed by atoms with Crippen molar-refractivity contribution >= 4 is 16.8 Å². The fourth-order valence-electron chi connectivity index (χ4n) is 5.49. The molecule has 0 atom stereocenters. The first-order valence-corrected chi connectivity index (χ1v) is 8.38. The van der Waals surface area contributed by atoms with Crippen molar-refractivity contribution < 1.29 is 4.42 Å². The molecule has 0 aliphatic heterocycles. The maximum absolute atomic E-state index is 5.57. The van der Waals surface area contributed by atoms with E-state index >= 15 is 0 Å². The van der Waals surface area contributed by atoms with Gasteiger partial charge in [-0.2, -0.15) is 0 Å². The van der Waals surface area contributed by atoms with Crippen LogP contribution < -0.4 is 5.32 Å². The molecule has 21 heavy (non-hydrogen) atoms. The SMILES string of the molecule is Cc1nc2cc(NC3C4CC5CC(C4)CC3C5)ccc2o1. The molecule has 4 aliphatic carbocycles. The Morgan fingerprint density at radius 1 is 1.05 bits per heavy atom. The van der Waals surface area contributed by atoms with Gasteiger partial charge in [-0.1, -0.05) is 0 Å². The molecule has 3 heteroatoms. The van der Waals surface area contributed by atoms with Crippen molar-refractivity contribution in [3.05, 3.63) is 24.1 Å². The lowest BCUT2D eigenvalue weighted by molar-refractivity contribution is 0.00754. The van der Waals surface area contributed by atoms with Crippen molar-refractivity contribution in [3.63, 3.8) is 0 Å². The highest BCUT2D eigenvalue weighted by molar-refractivity contribution is 5.77. The van der Waals surface area contributed by atoms with E-state index in [1.165, 1.54) is 37.8 Å². The Labute approximate surface area is 125 Å². The molecule has 110 valence electrons. The number of nitrogens with zero attached hydrogens (tertiary/aromatic N) is 1. The van der Waals surface area contributed by atoms with E-state index in [9.17, 15) is 0 Å². The number of oxazole rings is 1.